The molecule has 0 saturated heterocycles. The average Bonchev–Trinajstić information content (AvgIpc) is 0.746. The Bertz CT molecular complexity index is 5070. The molecule has 9 heteroatoms. The van der Waals surface area contributed by atoms with E-state index >= 15 is 0 Å². The van der Waals surface area contributed by atoms with Crippen LogP contribution >= 0.6 is 0 Å². The number of hydrogen-bond donors (Lipinski definition) is 2. The number of hydrogen-bond acceptors (Lipinski definition) is 7. The normalized spacial score (nSPS) is 11.7. The number of rotatable bonds is 58. The maximum Gasteiger partial charge on any atom is 0.224 e. The lowest BCUT2D eigenvalue weighted by atomic mass is 9.88. The molecule has 0 radical (unpaired) electrons. The van der Waals surface area contributed by atoms with Crippen molar-refractivity contribution < 1.29 is 33.3 Å². The standard InChI is InChI=1S/C122H152N2O7/c1-10-13-16-19-22-25-28-31-34-45-86-127-120-100(90-130-104-78-70-98(71-79-104)118-112-58-41-37-54-106(112)110(107-55-38-42-59-113(107)118)82-68-96-64-74-102(75-65-96)123-116(125)84-62-94(8)52-48-50-92(4)5)89-101(121(128-87-46-35-32-29-26-23-20-17-14-11-2)122(120)129-88-47-36-33-30-27-24-21-18-15-12-3)91-131-105-80-72-99(73-81-105)119-114-60-43-39-56-108(114)111(109-57-40-44-61-115(109)119)83-69-97-66-76-103(77-67-97)124-117(126)85-63-95(9)53-49-51-93(6)7/h37-44,50-51,54-61,64-67,70-81,89,94-95H,10-36,45-49,52-53,62-63,84-88,90-91H2,1-9H3,(H,123,125)(H,124,126)/t94-,95-/m0/s1. The van der Waals surface area contributed by atoms with E-state index < -0.39 is 0 Å². The molecule has 11 aromatic rings. The van der Waals surface area contributed by atoms with Gasteiger partial charge in [0.2, 0.25) is 17.6 Å². The minimum atomic E-state index is 0.0393. The molecule has 0 aliphatic heterocycles. The lowest BCUT2D eigenvalue weighted by Gasteiger charge is -2.23. The largest absolute Gasteiger partial charge is 0.489 e. The van der Waals surface area contributed by atoms with Gasteiger partial charge in [0.15, 0.2) is 11.5 Å². The Kier molecular flexibility index (Phi) is 43.5. The van der Waals surface area contributed by atoms with Gasteiger partial charge in [-0.3, -0.25) is 9.59 Å². The van der Waals surface area contributed by atoms with Crippen molar-refractivity contribution in [3.05, 3.63) is 257 Å². The van der Waals surface area contributed by atoms with Gasteiger partial charge in [-0.2, -0.15) is 0 Å². The van der Waals surface area contributed by atoms with Crippen molar-refractivity contribution in [1.82, 2.24) is 0 Å². The summed E-state index contributed by atoms with van der Waals surface area (Å²) in [5, 5.41) is 15.0. The molecule has 11 rings (SSSR count). The summed E-state index contributed by atoms with van der Waals surface area (Å²) >= 11 is 0. The number of unbranched alkanes of at least 4 members (excludes halogenated alkanes) is 27. The first-order valence-corrected chi connectivity index (χ1v) is 50.8. The third-order valence-corrected chi connectivity index (χ3v) is 25.7. The van der Waals surface area contributed by atoms with Gasteiger partial charge in [0.25, 0.3) is 0 Å². The molecule has 0 unspecified atom stereocenters. The van der Waals surface area contributed by atoms with Crippen LogP contribution in [0.4, 0.5) is 11.4 Å². The molecule has 9 nitrogen and oxygen atoms in total. The van der Waals surface area contributed by atoms with Crippen molar-refractivity contribution in [3.63, 3.8) is 0 Å². The third-order valence-electron chi connectivity index (χ3n) is 25.7. The number of carbonyl (C=O) groups excluding carboxylic acids is 2. The molecule has 0 fully saturated rings. The van der Waals surface area contributed by atoms with Gasteiger partial charge in [-0.05, 0) is 242 Å². The number of nitrogens with one attached hydrogen (secondary N) is 2. The highest BCUT2D eigenvalue weighted by Gasteiger charge is 2.26. The van der Waals surface area contributed by atoms with Crippen LogP contribution < -0.4 is 34.3 Å². The van der Waals surface area contributed by atoms with E-state index in [2.05, 4.69) is 260 Å². The molecule has 0 aliphatic rings. The maximum absolute atomic E-state index is 13.1. The van der Waals surface area contributed by atoms with E-state index in [1.165, 1.54) is 165 Å². The first-order valence-electron chi connectivity index (χ1n) is 50.8. The second kappa shape index (κ2) is 56.7. The van der Waals surface area contributed by atoms with Gasteiger partial charge in [0.05, 0.1) is 19.8 Å². The van der Waals surface area contributed by atoms with Crippen LogP contribution in [0.15, 0.2) is 223 Å². The molecular weight excluding hydrogens is 1610 g/mol. The van der Waals surface area contributed by atoms with Gasteiger partial charge in [0, 0.05) is 57.6 Å². The Labute approximate surface area is 787 Å². The van der Waals surface area contributed by atoms with E-state index in [0.717, 1.165) is 199 Å². The maximum atomic E-state index is 13.1. The summed E-state index contributed by atoms with van der Waals surface area (Å²) in [4.78, 5) is 26.1. The molecule has 11 aromatic carbocycles. The smallest absolute Gasteiger partial charge is 0.224 e. The first kappa shape index (κ1) is 101. The molecule has 2 N–H and O–H groups in total. The highest BCUT2D eigenvalue weighted by Crippen LogP contribution is 2.47. The average molecular weight is 1760 g/mol. The minimum Gasteiger partial charge on any atom is -0.489 e. The van der Waals surface area contributed by atoms with Crippen molar-refractivity contribution >= 4 is 66.3 Å². The third kappa shape index (κ3) is 33.1. The van der Waals surface area contributed by atoms with Gasteiger partial charge in [-0.15, -0.1) is 0 Å². The van der Waals surface area contributed by atoms with E-state index in [0.29, 0.717) is 61.7 Å². The predicted octanol–water partition coefficient (Wildman–Crippen LogP) is 34.7. The monoisotopic (exact) mass is 1760 g/mol. The van der Waals surface area contributed by atoms with Crippen LogP contribution in [0, 0.1) is 35.5 Å². The molecule has 0 bridgehead atoms. The lowest BCUT2D eigenvalue weighted by Crippen LogP contribution is -2.12. The Hall–Kier alpha value is -11.0. The minimum absolute atomic E-state index is 0.0393. The highest BCUT2D eigenvalue weighted by molar-refractivity contribution is 6.18. The molecular formula is C122H152N2O7. The van der Waals surface area contributed by atoms with E-state index in [-0.39, 0.29) is 25.0 Å². The summed E-state index contributed by atoms with van der Waals surface area (Å²) in [6.07, 6.45) is 48.4. The Morgan fingerprint density at radius 2 is 0.595 bits per heavy atom. The molecule has 0 saturated carbocycles. The quantitative estimate of drug-likeness (QED) is 0.0169. The number of benzene rings is 11. The number of anilines is 2. The molecule has 0 aliphatic carbocycles. The highest BCUT2D eigenvalue weighted by atomic mass is 16.5. The Balaban J connectivity index is 0.886. The van der Waals surface area contributed by atoms with E-state index in [1.807, 2.05) is 48.5 Å². The summed E-state index contributed by atoms with van der Waals surface area (Å²) in [5.41, 5.74) is 14.1. The molecule has 2 amide bonds. The fourth-order valence-electron chi connectivity index (χ4n) is 17.9. The number of fused-ring (bicyclic) bond motifs is 4. The summed E-state index contributed by atoms with van der Waals surface area (Å²) < 4.78 is 35.9. The number of amides is 2. The molecule has 2 atom stereocenters. The molecule has 692 valence electrons. The van der Waals surface area contributed by atoms with Crippen LogP contribution in [0.1, 0.15) is 340 Å². The second-order valence-corrected chi connectivity index (χ2v) is 37.3. The molecule has 0 aromatic heterocycles. The van der Waals surface area contributed by atoms with Crippen molar-refractivity contribution in [2.75, 3.05) is 30.5 Å². The summed E-state index contributed by atoms with van der Waals surface area (Å²) in [6.45, 7) is 21.9. The van der Waals surface area contributed by atoms with Crippen molar-refractivity contribution in [1.29, 1.82) is 0 Å². The first-order chi connectivity index (χ1) is 64.2. The summed E-state index contributed by atoms with van der Waals surface area (Å²) in [6, 6.07) is 69.7. The van der Waals surface area contributed by atoms with Crippen LogP contribution in [0.5, 0.6) is 28.7 Å². The van der Waals surface area contributed by atoms with Crippen molar-refractivity contribution in [3.8, 4) is 74.7 Å². The molecule has 0 heterocycles. The molecule has 0 spiro atoms. The SMILES string of the molecule is CCCCCCCCCCCCOc1c(COc2ccc(-c3c4ccccc4c(C#Cc4ccc(NC(=O)CC[C@@H](C)CCC=C(C)C)cc4)c4ccccc34)cc2)cc(COc2ccc(-c3c4ccccc4c(C#Cc4ccc(NC(=O)CC[C@@H](C)CCC=C(C)C)cc4)c4ccccc34)cc2)c(OCCCCCCCCCCCC)c1OCCCCCCCCCCCC. The summed E-state index contributed by atoms with van der Waals surface area (Å²) in [7, 11) is 0. The fraction of sp³-hybridized carbons (Fsp3) is 0.443. The van der Waals surface area contributed by atoms with Crippen LogP contribution in [0.25, 0.3) is 65.3 Å². The van der Waals surface area contributed by atoms with Crippen LogP contribution in [-0.4, -0.2) is 31.6 Å². The van der Waals surface area contributed by atoms with Crippen LogP contribution in [0.2, 0.25) is 0 Å². The van der Waals surface area contributed by atoms with Crippen LogP contribution in [-0.2, 0) is 22.8 Å². The van der Waals surface area contributed by atoms with E-state index in [4.69, 9.17) is 23.7 Å². The van der Waals surface area contributed by atoms with Crippen LogP contribution in [0.3, 0.4) is 0 Å². The van der Waals surface area contributed by atoms with Gasteiger partial charge in [-0.1, -0.05) is 376 Å². The predicted molar refractivity (Wildman–Crippen MR) is 557 cm³/mol. The van der Waals surface area contributed by atoms with Crippen molar-refractivity contribution in [2.24, 2.45) is 11.8 Å². The number of ether oxygens (including phenoxy) is 5. The van der Waals surface area contributed by atoms with Gasteiger partial charge in [0.1, 0.15) is 24.7 Å². The zero-order valence-electron chi connectivity index (χ0n) is 81.1. The van der Waals surface area contributed by atoms with Gasteiger partial charge >= 0.3 is 0 Å². The van der Waals surface area contributed by atoms with E-state index in [1.54, 1.807) is 0 Å². The fourth-order valence-corrected chi connectivity index (χ4v) is 17.9. The Morgan fingerprint density at radius 1 is 0.313 bits per heavy atom. The zero-order chi connectivity index (χ0) is 91.8. The molecule has 131 heavy (non-hydrogen) atoms. The summed E-state index contributed by atoms with van der Waals surface area (Å²) in [5.74, 6) is 18.8. The van der Waals surface area contributed by atoms with Crippen molar-refractivity contribution in [2.45, 2.75) is 320 Å². The second-order valence-electron chi connectivity index (χ2n) is 37.3. The number of allylic oxidation sites excluding steroid dienone is 4. The zero-order valence-corrected chi connectivity index (χ0v) is 81.1. The van der Waals surface area contributed by atoms with E-state index in [9.17, 15) is 9.59 Å². The topological polar surface area (TPSA) is 104 Å². The lowest BCUT2D eigenvalue weighted by molar-refractivity contribution is -0.117. The van der Waals surface area contributed by atoms with Gasteiger partial charge < -0.3 is 34.3 Å². The Morgan fingerprint density at radius 3 is 0.893 bits per heavy atom. The number of carbonyl (C=O) groups is 2. The van der Waals surface area contributed by atoms with Gasteiger partial charge in [-0.25, -0.2) is 0 Å².